The van der Waals surface area contributed by atoms with Crippen molar-refractivity contribution in [2.24, 2.45) is 0 Å². The Labute approximate surface area is 133 Å². The van der Waals surface area contributed by atoms with Crippen LogP contribution in [0, 0.1) is 0 Å². The number of ether oxygens (including phenoxy) is 1. The number of hydrogen-bond acceptors (Lipinski definition) is 4. The lowest BCUT2D eigenvalue weighted by Crippen LogP contribution is -2.23. The van der Waals surface area contributed by atoms with Crippen LogP contribution in [-0.2, 0) is 6.54 Å². The highest BCUT2D eigenvalue weighted by Gasteiger charge is 2.12. The second-order valence-electron chi connectivity index (χ2n) is 4.85. The molecular weight excluding hydrogens is 292 g/mol. The van der Waals surface area contributed by atoms with Crippen LogP contribution in [0.3, 0.4) is 0 Å². The smallest absolute Gasteiger partial charge is 0.273 e. The number of aromatic nitrogens is 3. The predicted octanol–water partition coefficient (Wildman–Crippen LogP) is 2.21. The fourth-order valence-electron chi connectivity index (χ4n) is 2.17. The van der Waals surface area contributed by atoms with E-state index < -0.39 is 0 Å². The third kappa shape index (κ3) is 3.37. The zero-order chi connectivity index (χ0) is 16.1. The minimum absolute atomic E-state index is 0.267. The lowest BCUT2D eigenvalue weighted by atomic mass is 10.2. The monoisotopic (exact) mass is 308 g/mol. The summed E-state index contributed by atoms with van der Waals surface area (Å²) < 4.78 is 5.26. The predicted molar refractivity (Wildman–Crippen MR) is 85.5 cm³/mol. The van der Waals surface area contributed by atoms with Gasteiger partial charge in [0.25, 0.3) is 5.91 Å². The quantitative estimate of drug-likeness (QED) is 0.784. The van der Waals surface area contributed by atoms with Gasteiger partial charge in [-0.25, -0.2) is 0 Å². The molecule has 1 aromatic heterocycles. The van der Waals surface area contributed by atoms with Crippen molar-refractivity contribution in [1.29, 1.82) is 0 Å². The molecule has 3 aromatic rings. The number of carbonyl (C=O) groups is 1. The number of para-hydroxylation sites is 2. The van der Waals surface area contributed by atoms with Crippen molar-refractivity contribution in [1.82, 2.24) is 20.3 Å². The highest BCUT2D eigenvalue weighted by atomic mass is 16.5. The van der Waals surface area contributed by atoms with E-state index in [0.29, 0.717) is 6.54 Å². The highest BCUT2D eigenvalue weighted by molar-refractivity contribution is 5.91. The molecule has 0 saturated heterocycles. The fraction of sp³-hybridized carbons (Fsp3) is 0.118. The van der Waals surface area contributed by atoms with Gasteiger partial charge in [-0.2, -0.15) is 9.90 Å². The molecule has 0 atom stereocenters. The molecule has 0 radical (unpaired) electrons. The van der Waals surface area contributed by atoms with Gasteiger partial charge in [0.2, 0.25) is 0 Å². The first-order chi connectivity index (χ1) is 11.3. The zero-order valence-corrected chi connectivity index (χ0v) is 12.6. The van der Waals surface area contributed by atoms with Crippen molar-refractivity contribution in [2.75, 3.05) is 7.11 Å². The van der Waals surface area contributed by atoms with E-state index in [2.05, 4.69) is 15.5 Å². The maximum Gasteiger partial charge on any atom is 0.273 e. The number of amides is 1. The Balaban J connectivity index is 1.68. The Morgan fingerprint density at radius 2 is 1.87 bits per heavy atom. The fourth-order valence-corrected chi connectivity index (χ4v) is 2.17. The molecule has 23 heavy (non-hydrogen) atoms. The van der Waals surface area contributed by atoms with Gasteiger partial charge in [0.1, 0.15) is 5.75 Å². The van der Waals surface area contributed by atoms with Crippen LogP contribution in [0.1, 0.15) is 16.1 Å². The molecule has 1 heterocycles. The van der Waals surface area contributed by atoms with Crippen molar-refractivity contribution >= 4 is 5.91 Å². The van der Waals surface area contributed by atoms with E-state index in [4.69, 9.17) is 4.74 Å². The van der Waals surface area contributed by atoms with Crippen molar-refractivity contribution in [3.05, 3.63) is 72.1 Å². The summed E-state index contributed by atoms with van der Waals surface area (Å²) in [5.74, 6) is 0.457. The Bertz CT molecular complexity index is 799. The van der Waals surface area contributed by atoms with Crippen LogP contribution in [0.2, 0.25) is 0 Å². The second-order valence-corrected chi connectivity index (χ2v) is 4.85. The summed E-state index contributed by atoms with van der Waals surface area (Å²) in [6, 6.07) is 17.0. The summed E-state index contributed by atoms with van der Waals surface area (Å²) in [4.78, 5) is 13.6. The molecule has 1 amide bonds. The molecule has 0 saturated carbocycles. The van der Waals surface area contributed by atoms with Gasteiger partial charge >= 0.3 is 0 Å². The summed E-state index contributed by atoms with van der Waals surface area (Å²) in [6.07, 6.45) is 1.45. The van der Waals surface area contributed by atoms with Gasteiger partial charge in [0.15, 0.2) is 5.69 Å². The van der Waals surface area contributed by atoms with Crippen LogP contribution in [0.15, 0.2) is 60.8 Å². The van der Waals surface area contributed by atoms with Crippen molar-refractivity contribution in [3.63, 3.8) is 0 Å². The van der Waals surface area contributed by atoms with Crippen molar-refractivity contribution in [3.8, 4) is 11.4 Å². The van der Waals surface area contributed by atoms with Crippen LogP contribution < -0.4 is 10.1 Å². The lowest BCUT2D eigenvalue weighted by molar-refractivity contribution is 0.0945. The first kappa shape index (κ1) is 14.8. The molecule has 0 aliphatic rings. The zero-order valence-electron chi connectivity index (χ0n) is 12.6. The molecule has 6 nitrogen and oxygen atoms in total. The maximum atomic E-state index is 12.2. The first-order valence-electron chi connectivity index (χ1n) is 7.16. The van der Waals surface area contributed by atoms with Crippen molar-refractivity contribution in [2.45, 2.75) is 6.54 Å². The third-order valence-electron chi connectivity index (χ3n) is 3.34. The van der Waals surface area contributed by atoms with E-state index in [1.54, 1.807) is 7.11 Å². The molecular formula is C17H16N4O2. The van der Waals surface area contributed by atoms with Gasteiger partial charge in [-0.05, 0) is 18.2 Å². The number of hydrogen-bond donors (Lipinski definition) is 1. The normalized spacial score (nSPS) is 10.3. The van der Waals surface area contributed by atoms with Crippen LogP contribution in [0.4, 0.5) is 0 Å². The molecule has 2 aromatic carbocycles. The van der Waals surface area contributed by atoms with Crippen LogP contribution >= 0.6 is 0 Å². The molecule has 0 spiro atoms. The second kappa shape index (κ2) is 6.74. The van der Waals surface area contributed by atoms with Crippen LogP contribution in [0.25, 0.3) is 5.69 Å². The van der Waals surface area contributed by atoms with Crippen LogP contribution in [0.5, 0.6) is 5.75 Å². The average Bonchev–Trinajstić information content (AvgIpc) is 3.11. The lowest BCUT2D eigenvalue weighted by Gasteiger charge is -2.08. The molecule has 0 bridgehead atoms. The van der Waals surface area contributed by atoms with E-state index in [-0.39, 0.29) is 11.6 Å². The Morgan fingerprint density at radius 1 is 1.13 bits per heavy atom. The topological polar surface area (TPSA) is 69.0 Å². The van der Waals surface area contributed by atoms with Crippen LogP contribution in [-0.4, -0.2) is 28.0 Å². The summed E-state index contributed by atoms with van der Waals surface area (Å²) in [5.41, 5.74) is 1.97. The number of carbonyl (C=O) groups excluding carboxylic acids is 1. The van der Waals surface area contributed by atoms with Gasteiger partial charge in [0.05, 0.1) is 19.0 Å². The minimum Gasteiger partial charge on any atom is -0.496 e. The number of nitrogens with one attached hydrogen (secondary N) is 1. The van der Waals surface area contributed by atoms with Gasteiger partial charge in [-0.3, -0.25) is 4.79 Å². The van der Waals surface area contributed by atoms with Gasteiger partial charge in [-0.1, -0.05) is 36.4 Å². The minimum atomic E-state index is -0.280. The number of benzene rings is 2. The summed E-state index contributed by atoms with van der Waals surface area (Å²) >= 11 is 0. The molecule has 0 unspecified atom stereocenters. The molecule has 0 aliphatic heterocycles. The Morgan fingerprint density at radius 3 is 2.65 bits per heavy atom. The third-order valence-corrected chi connectivity index (χ3v) is 3.34. The first-order valence-corrected chi connectivity index (χ1v) is 7.16. The van der Waals surface area contributed by atoms with Crippen molar-refractivity contribution < 1.29 is 9.53 Å². The average molecular weight is 308 g/mol. The van der Waals surface area contributed by atoms with E-state index >= 15 is 0 Å². The van der Waals surface area contributed by atoms with Gasteiger partial charge in [-0.15, -0.1) is 5.10 Å². The molecule has 1 N–H and O–H groups in total. The summed E-state index contributed by atoms with van der Waals surface area (Å²) in [5, 5.41) is 11.1. The van der Waals surface area contributed by atoms with E-state index in [9.17, 15) is 4.79 Å². The summed E-state index contributed by atoms with van der Waals surface area (Å²) in [6.45, 7) is 0.362. The Hall–Kier alpha value is -3.15. The summed E-state index contributed by atoms with van der Waals surface area (Å²) in [7, 11) is 1.60. The maximum absolute atomic E-state index is 12.2. The molecule has 3 rings (SSSR count). The van der Waals surface area contributed by atoms with E-state index in [1.165, 1.54) is 11.0 Å². The van der Waals surface area contributed by atoms with E-state index in [0.717, 1.165) is 17.0 Å². The van der Waals surface area contributed by atoms with Gasteiger partial charge in [0, 0.05) is 12.1 Å². The standard InChI is InChI=1S/C17H16N4O2/c1-23-16-10-6-5-7-13(16)11-18-17(22)15-12-19-21(20-15)14-8-3-2-4-9-14/h2-10,12H,11H2,1H3,(H,18,22). The molecule has 116 valence electrons. The van der Waals surface area contributed by atoms with Gasteiger partial charge < -0.3 is 10.1 Å². The largest absolute Gasteiger partial charge is 0.496 e. The SMILES string of the molecule is COc1ccccc1CNC(=O)c1cnn(-c2ccccc2)n1. The molecule has 0 fully saturated rings. The Kier molecular flexibility index (Phi) is 4.33. The van der Waals surface area contributed by atoms with E-state index in [1.807, 2.05) is 54.6 Å². The number of rotatable bonds is 5. The highest BCUT2D eigenvalue weighted by Crippen LogP contribution is 2.16. The number of methoxy groups -OCH3 is 1. The number of nitrogens with zero attached hydrogens (tertiary/aromatic N) is 3. The molecule has 0 aliphatic carbocycles. The molecule has 6 heteroatoms.